The van der Waals surface area contributed by atoms with Gasteiger partial charge in [-0.3, -0.25) is 9.69 Å². The highest BCUT2D eigenvalue weighted by Crippen LogP contribution is 2.21. The Morgan fingerprint density at radius 1 is 1.39 bits per heavy atom. The van der Waals surface area contributed by atoms with E-state index in [0.717, 1.165) is 19.4 Å². The van der Waals surface area contributed by atoms with Crippen LogP contribution >= 0.6 is 0 Å². The third kappa shape index (κ3) is 4.23. The molecule has 0 saturated carbocycles. The molecular weight excluding hydrogens is 316 g/mol. The highest BCUT2D eigenvalue weighted by atomic mass is 32.2. The summed E-state index contributed by atoms with van der Waals surface area (Å²) in [6.45, 7) is 1.13. The minimum atomic E-state index is -3.40. The van der Waals surface area contributed by atoms with E-state index in [1.54, 1.807) is 37.2 Å². The Morgan fingerprint density at radius 3 is 2.78 bits per heavy atom. The summed E-state index contributed by atoms with van der Waals surface area (Å²) in [7, 11) is 1.57. The molecule has 1 aliphatic heterocycles. The molecule has 128 valence electrons. The van der Waals surface area contributed by atoms with E-state index in [0.29, 0.717) is 12.3 Å². The molecule has 0 unspecified atom stereocenters. The lowest BCUT2D eigenvalue weighted by molar-refractivity contribution is -0.133. The molecule has 0 N–H and O–H groups in total. The van der Waals surface area contributed by atoms with Gasteiger partial charge in [0.15, 0.2) is 9.84 Å². The van der Waals surface area contributed by atoms with Crippen molar-refractivity contribution < 1.29 is 17.9 Å². The second-order valence-corrected chi connectivity index (χ2v) is 8.03. The van der Waals surface area contributed by atoms with E-state index in [1.165, 1.54) is 13.2 Å². The molecule has 1 aliphatic rings. The molecule has 1 heterocycles. The van der Waals surface area contributed by atoms with E-state index in [1.807, 2.05) is 4.90 Å². The molecule has 7 heteroatoms. The van der Waals surface area contributed by atoms with Crippen LogP contribution in [0.3, 0.4) is 0 Å². The van der Waals surface area contributed by atoms with Crippen LogP contribution in [0.5, 0.6) is 5.75 Å². The number of amides is 1. The summed E-state index contributed by atoms with van der Waals surface area (Å²) >= 11 is 0. The maximum absolute atomic E-state index is 12.5. The van der Waals surface area contributed by atoms with Crippen LogP contribution in [-0.4, -0.2) is 70.2 Å². The molecule has 6 nitrogen and oxygen atoms in total. The van der Waals surface area contributed by atoms with Gasteiger partial charge in [-0.05, 0) is 37.6 Å². The highest BCUT2D eigenvalue weighted by Gasteiger charge is 2.32. The van der Waals surface area contributed by atoms with Gasteiger partial charge in [0.1, 0.15) is 5.75 Å². The first kappa shape index (κ1) is 17.7. The Balaban J connectivity index is 2.05. The number of benzene rings is 1. The molecule has 1 amide bonds. The Morgan fingerprint density at radius 2 is 2.13 bits per heavy atom. The average Bonchev–Trinajstić information content (AvgIpc) is 3.00. The lowest BCUT2D eigenvalue weighted by Gasteiger charge is -2.25. The van der Waals surface area contributed by atoms with Gasteiger partial charge in [0.2, 0.25) is 5.91 Å². The van der Waals surface area contributed by atoms with E-state index >= 15 is 0 Å². The largest absolute Gasteiger partial charge is 0.497 e. The maximum atomic E-state index is 12.5. The third-order valence-corrected chi connectivity index (χ3v) is 5.83. The van der Waals surface area contributed by atoms with Gasteiger partial charge in [-0.25, -0.2) is 8.42 Å². The number of methoxy groups -OCH3 is 1. The van der Waals surface area contributed by atoms with Gasteiger partial charge < -0.3 is 9.64 Å². The van der Waals surface area contributed by atoms with Crippen LogP contribution in [0.15, 0.2) is 29.2 Å². The van der Waals surface area contributed by atoms with Crippen molar-refractivity contribution in [3.8, 4) is 5.75 Å². The van der Waals surface area contributed by atoms with Crippen molar-refractivity contribution in [1.29, 1.82) is 0 Å². The van der Waals surface area contributed by atoms with Crippen LogP contribution in [0.25, 0.3) is 0 Å². The molecule has 0 aliphatic carbocycles. The first-order chi connectivity index (χ1) is 10.8. The van der Waals surface area contributed by atoms with Crippen LogP contribution in [-0.2, 0) is 14.6 Å². The minimum Gasteiger partial charge on any atom is -0.497 e. The van der Waals surface area contributed by atoms with Crippen LogP contribution in [0.2, 0.25) is 0 Å². The zero-order valence-electron chi connectivity index (χ0n) is 13.9. The monoisotopic (exact) mass is 340 g/mol. The van der Waals surface area contributed by atoms with Crippen molar-refractivity contribution in [2.45, 2.75) is 23.8 Å². The van der Waals surface area contributed by atoms with Crippen molar-refractivity contribution in [2.75, 3.05) is 40.0 Å². The van der Waals surface area contributed by atoms with E-state index in [-0.39, 0.29) is 22.6 Å². The van der Waals surface area contributed by atoms with Crippen molar-refractivity contribution in [3.63, 3.8) is 0 Å². The van der Waals surface area contributed by atoms with Crippen molar-refractivity contribution in [3.05, 3.63) is 24.3 Å². The van der Waals surface area contributed by atoms with Crippen molar-refractivity contribution in [1.82, 2.24) is 9.80 Å². The second-order valence-electron chi connectivity index (χ2n) is 5.92. The number of hydrogen-bond acceptors (Lipinski definition) is 5. The molecule has 1 aromatic rings. The number of nitrogens with zero attached hydrogens (tertiary/aromatic N) is 2. The SMILES string of the molecule is COc1cccc(S(=O)(=O)CCN2CCC[C@H]2C(=O)N(C)C)c1. The molecule has 2 rings (SSSR count). The normalized spacial score (nSPS) is 18.8. The molecular formula is C16H24N2O4S. The fourth-order valence-corrected chi connectivity index (χ4v) is 4.11. The molecule has 0 bridgehead atoms. The fraction of sp³-hybridized carbons (Fsp3) is 0.562. The predicted octanol–water partition coefficient (Wildman–Crippen LogP) is 1.02. The molecule has 0 aromatic heterocycles. The number of rotatable bonds is 6. The summed E-state index contributed by atoms with van der Waals surface area (Å²) < 4.78 is 30.1. The lowest BCUT2D eigenvalue weighted by Crippen LogP contribution is -2.44. The number of ether oxygens (including phenoxy) is 1. The standard InChI is InChI=1S/C16H24N2O4S/c1-17(2)16(19)15-8-5-9-18(15)10-11-23(20,21)14-7-4-6-13(12-14)22-3/h4,6-7,12,15H,5,8-11H2,1-3H3/t15-/m0/s1. The van der Waals surface area contributed by atoms with Gasteiger partial charge in [-0.15, -0.1) is 0 Å². The Bertz CT molecular complexity index is 658. The molecule has 1 atom stereocenters. The highest BCUT2D eigenvalue weighted by molar-refractivity contribution is 7.91. The van der Waals surface area contributed by atoms with E-state index in [4.69, 9.17) is 4.74 Å². The van der Waals surface area contributed by atoms with Gasteiger partial charge in [-0.1, -0.05) is 6.07 Å². The Hall–Kier alpha value is -1.60. The van der Waals surface area contributed by atoms with Crippen LogP contribution < -0.4 is 4.74 Å². The summed E-state index contributed by atoms with van der Waals surface area (Å²) in [5, 5.41) is 0. The predicted molar refractivity (Wildman–Crippen MR) is 88.3 cm³/mol. The number of carbonyl (C=O) groups is 1. The van der Waals surface area contributed by atoms with E-state index in [2.05, 4.69) is 0 Å². The molecule has 1 fully saturated rings. The van der Waals surface area contributed by atoms with E-state index in [9.17, 15) is 13.2 Å². The zero-order valence-corrected chi connectivity index (χ0v) is 14.7. The Kier molecular flexibility index (Phi) is 5.64. The van der Waals surface area contributed by atoms with Crippen LogP contribution in [0, 0.1) is 0 Å². The summed E-state index contributed by atoms with van der Waals surface area (Å²) in [5.41, 5.74) is 0. The first-order valence-corrected chi connectivity index (χ1v) is 9.32. The molecule has 23 heavy (non-hydrogen) atoms. The summed E-state index contributed by atoms with van der Waals surface area (Å²) in [5.74, 6) is 0.561. The van der Waals surface area contributed by atoms with Crippen molar-refractivity contribution in [2.24, 2.45) is 0 Å². The number of hydrogen-bond donors (Lipinski definition) is 0. The summed E-state index contributed by atoms with van der Waals surface area (Å²) in [6, 6.07) is 6.28. The van der Waals surface area contributed by atoms with Crippen LogP contribution in [0.1, 0.15) is 12.8 Å². The lowest BCUT2D eigenvalue weighted by atomic mass is 10.2. The number of carbonyl (C=O) groups excluding carboxylic acids is 1. The van der Waals surface area contributed by atoms with Crippen molar-refractivity contribution >= 4 is 15.7 Å². The van der Waals surface area contributed by atoms with Gasteiger partial charge >= 0.3 is 0 Å². The summed E-state index contributed by atoms with van der Waals surface area (Å²) in [6.07, 6.45) is 1.71. The quantitative estimate of drug-likeness (QED) is 0.773. The first-order valence-electron chi connectivity index (χ1n) is 7.67. The molecule has 1 aromatic carbocycles. The summed E-state index contributed by atoms with van der Waals surface area (Å²) in [4.78, 5) is 15.9. The van der Waals surface area contributed by atoms with Crippen LogP contribution in [0.4, 0.5) is 0 Å². The minimum absolute atomic E-state index is 0.00260. The van der Waals surface area contributed by atoms with Gasteiger partial charge in [0.05, 0.1) is 23.8 Å². The average molecular weight is 340 g/mol. The topological polar surface area (TPSA) is 66.9 Å². The zero-order chi connectivity index (χ0) is 17.0. The van der Waals surface area contributed by atoms with Gasteiger partial charge in [0.25, 0.3) is 0 Å². The maximum Gasteiger partial charge on any atom is 0.239 e. The van der Waals surface area contributed by atoms with Gasteiger partial charge in [0, 0.05) is 20.6 Å². The molecule has 0 spiro atoms. The fourth-order valence-electron chi connectivity index (χ4n) is 2.82. The second kappa shape index (κ2) is 7.31. The number of likely N-dealkylation sites (N-methyl/N-ethyl adjacent to an activating group) is 1. The van der Waals surface area contributed by atoms with E-state index < -0.39 is 9.84 Å². The third-order valence-electron chi connectivity index (χ3n) is 4.14. The molecule has 1 saturated heterocycles. The molecule has 0 radical (unpaired) electrons. The van der Waals surface area contributed by atoms with Gasteiger partial charge in [-0.2, -0.15) is 0 Å². The Labute approximate surface area is 137 Å². The smallest absolute Gasteiger partial charge is 0.239 e. The number of sulfone groups is 1. The number of likely N-dealkylation sites (tertiary alicyclic amines) is 1.